The summed E-state index contributed by atoms with van der Waals surface area (Å²) in [5, 5.41) is 0.703. The molecule has 3 heterocycles. The van der Waals surface area contributed by atoms with E-state index in [4.69, 9.17) is 16.6 Å². The number of likely N-dealkylation sites (tertiary alicyclic amines) is 1. The molecule has 1 saturated heterocycles. The Hall–Kier alpha value is -2.24. The van der Waals surface area contributed by atoms with E-state index in [1.54, 1.807) is 5.51 Å². The van der Waals surface area contributed by atoms with Crippen LogP contribution >= 0.6 is 22.9 Å². The Kier molecular flexibility index (Phi) is 5.23. The van der Waals surface area contributed by atoms with E-state index in [0.29, 0.717) is 11.6 Å². The Morgan fingerprint density at radius 3 is 2.89 bits per heavy atom. The third kappa shape index (κ3) is 3.89. The zero-order chi connectivity index (χ0) is 18.8. The molecule has 6 heteroatoms. The van der Waals surface area contributed by atoms with Crippen LogP contribution < -0.4 is 0 Å². The molecule has 4 nitrogen and oxygen atoms in total. The van der Waals surface area contributed by atoms with Crippen molar-refractivity contribution >= 4 is 28.8 Å². The molecule has 0 radical (unpaired) electrons. The van der Waals surface area contributed by atoms with E-state index in [0.717, 1.165) is 46.9 Å². The normalized spacial score (nSPS) is 17.1. The topological polar surface area (TPSA) is 46.1 Å². The molecule has 0 aliphatic carbocycles. The molecule has 2 aromatic heterocycles. The lowest BCUT2D eigenvalue weighted by Crippen LogP contribution is -2.39. The molecule has 0 N–H and O–H groups in total. The van der Waals surface area contributed by atoms with Gasteiger partial charge < -0.3 is 4.90 Å². The van der Waals surface area contributed by atoms with Crippen molar-refractivity contribution in [3.05, 3.63) is 69.3 Å². The first-order chi connectivity index (χ1) is 13.1. The van der Waals surface area contributed by atoms with Crippen LogP contribution in [0.2, 0.25) is 5.02 Å². The van der Waals surface area contributed by atoms with Crippen LogP contribution in [0.25, 0.3) is 11.3 Å². The number of benzene rings is 1. The number of hydrogen-bond donors (Lipinski definition) is 0. The van der Waals surface area contributed by atoms with Crippen molar-refractivity contribution in [3.8, 4) is 11.3 Å². The summed E-state index contributed by atoms with van der Waals surface area (Å²) in [4.78, 5) is 24.6. The van der Waals surface area contributed by atoms with Gasteiger partial charge in [0, 0.05) is 35.3 Å². The fraction of sp³-hybridized carbons (Fsp3) is 0.286. The molecule has 3 aromatic rings. The summed E-state index contributed by atoms with van der Waals surface area (Å²) in [7, 11) is 0. The number of aromatic nitrogens is 2. The summed E-state index contributed by atoms with van der Waals surface area (Å²) in [5.41, 5.74) is 5.50. The van der Waals surface area contributed by atoms with E-state index in [1.807, 2.05) is 48.2 Å². The summed E-state index contributed by atoms with van der Waals surface area (Å²) < 4.78 is 0. The molecule has 1 aromatic carbocycles. The highest BCUT2D eigenvalue weighted by atomic mass is 35.5. The molecule has 0 bridgehead atoms. The molecule has 1 atom stereocenters. The Morgan fingerprint density at radius 1 is 1.26 bits per heavy atom. The van der Waals surface area contributed by atoms with E-state index in [1.165, 1.54) is 11.3 Å². The van der Waals surface area contributed by atoms with Crippen LogP contribution in [0, 0.1) is 6.92 Å². The SMILES string of the molecule is Cc1ncsc1C(=O)N1CCCC(c2cccc(-c3cccc(Cl)c3)n2)C1. The van der Waals surface area contributed by atoms with Crippen molar-refractivity contribution in [1.82, 2.24) is 14.9 Å². The monoisotopic (exact) mass is 397 g/mol. The molecule has 1 amide bonds. The van der Waals surface area contributed by atoms with E-state index >= 15 is 0 Å². The number of carbonyl (C=O) groups is 1. The minimum Gasteiger partial charge on any atom is -0.337 e. The van der Waals surface area contributed by atoms with Gasteiger partial charge >= 0.3 is 0 Å². The molecule has 138 valence electrons. The third-order valence-corrected chi connectivity index (χ3v) is 6.11. The van der Waals surface area contributed by atoms with Crippen molar-refractivity contribution < 1.29 is 4.79 Å². The third-order valence-electron chi connectivity index (χ3n) is 4.96. The van der Waals surface area contributed by atoms with Gasteiger partial charge in [0.25, 0.3) is 5.91 Å². The standard InChI is InChI=1S/C21H20ClN3OS/c1-14-20(27-13-23-14)21(26)25-10-4-6-16(12-25)19-9-3-8-18(24-19)15-5-2-7-17(22)11-15/h2-3,5,7-9,11,13,16H,4,6,10,12H2,1H3. The van der Waals surface area contributed by atoms with E-state index in [2.05, 4.69) is 11.1 Å². The van der Waals surface area contributed by atoms with Crippen LogP contribution in [0.3, 0.4) is 0 Å². The number of nitrogens with zero attached hydrogens (tertiary/aromatic N) is 3. The molecule has 0 saturated carbocycles. The molecular formula is C21H20ClN3OS. The highest BCUT2D eigenvalue weighted by Gasteiger charge is 2.28. The molecule has 1 unspecified atom stereocenters. The first-order valence-corrected chi connectivity index (χ1v) is 10.3. The summed E-state index contributed by atoms with van der Waals surface area (Å²) in [6, 6.07) is 13.8. The average molecular weight is 398 g/mol. The second-order valence-corrected chi connectivity index (χ2v) is 8.11. The lowest BCUT2D eigenvalue weighted by Gasteiger charge is -2.32. The number of amides is 1. The zero-order valence-electron chi connectivity index (χ0n) is 15.1. The van der Waals surface area contributed by atoms with Crippen molar-refractivity contribution in [3.63, 3.8) is 0 Å². The number of carbonyl (C=O) groups excluding carboxylic acids is 1. The number of thiazole rings is 1. The van der Waals surface area contributed by atoms with Crippen LogP contribution in [0.1, 0.15) is 39.8 Å². The molecular weight excluding hydrogens is 378 g/mol. The maximum Gasteiger partial charge on any atom is 0.265 e. The highest BCUT2D eigenvalue weighted by Crippen LogP contribution is 2.29. The van der Waals surface area contributed by atoms with Crippen LogP contribution in [0.15, 0.2) is 48.0 Å². The van der Waals surface area contributed by atoms with E-state index in [9.17, 15) is 4.79 Å². The maximum absolute atomic E-state index is 12.8. The first-order valence-electron chi connectivity index (χ1n) is 9.04. The molecule has 1 aliphatic rings. The highest BCUT2D eigenvalue weighted by molar-refractivity contribution is 7.11. The summed E-state index contributed by atoms with van der Waals surface area (Å²) in [5.74, 6) is 0.334. The smallest absolute Gasteiger partial charge is 0.265 e. The second kappa shape index (κ2) is 7.79. The number of hydrogen-bond acceptors (Lipinski definition) is 4. The Balaban J connectivity index is 1.56. The molecule has 1 aliphatic heterocycles. The predicted molar refractivity (Wildman–Crippen MR) is 109 cm³/mol. The van der Waals surface area contributed by atoms with Crippen LogP contribution in [-0.4, -0.2) is 33.9 Å². The Morgan fingerprint density at radius 2 is 2.11 bits per heavy atom. The number of pyridine rings is 1. The summed E-state index contributed by atoms with van der Waals surface area (Å²) >= 11 is 7.54. The molecule has 27 heavy (non-hydrogen) atoms. The summed E-state index contributed by atoms with van der Waals surface area (Å²) in [6.07, 6.45) is 2.02. The maximum atomic E-state index is 12.8. The number of piperidine rings is 1. The number of halogens is 1. The van der Waals surface area contributed by atoms with E-state index < -0.39 is 0 Å². The number of rotatable bonds is 3. The fourth-order valence-electron chi connectivity index (χ4n) is 3.54. The lowest BCUT2D eigenvalue weighted by molar-refractivity contribution is 0.0710. The quantitative estimate of drug-likeness (QED) is 0.611. The van der Waals surface area contributed by atoms with Crippen LogP contribution in [0.5, 0.6) is 0 Å². The zero-order valence-corrected chi connectivity index (χ0v) is 16.6. The van der Waals surface area contributed by atoms with Crippen molar-refractivity contribution in [2.75, 3.05) is 13.1 Å². The van der Waals surface area contributed by atoms with Gasteiger partial charge in [-0.05, 0) is 44.0 Å². The van der Waals surface area contributed by atoms with Gasteiger partial charge in [-0.1, -0.05) is 29.8 Å². The Labute approximate surface area is 167 Å². The predicted octanol–water partition coefficient (Wildman–Crippen LogP) is 5.19. The van der Waals surface area contributed by atoms with Gasteiger partial charge in [0.05, 0.1) is 16.9 Å². The van der Waals surface area contributed by atoms with Crippen molar-refractivity contribution in [2.24, 2.45) is 0 Å². The minimum absolute atomic E-state index is 0.0886. The van der Waals surface area contributed by atoms with Gasteiger partial charge in [-0.3, -0.25) is 9.78 Å². The summed E-state index contributed by atoms with van der Waals surface area (Å²) in [6.45, 7) is 3.38. The van der Waals surface area contributed by atoms with Gasteiger partial charge in [-0.25, -0.2) is 4.98 Å². The van der Waals surface area contributed by atoms with Gasteiger partial charge in [0.2, 0.25) is 0 Å². The number of aryl methyl sites for hydroxylation is 1. The average Bonchev–Trinajstić information content (AvgIpc) is 3.13. The van der Waals surface area contributed by atoms with Gasteiger partial charge in [-0.15, -0.1) is 11.3 Å². The van der Waals surface area contributed by atoms with Gasteiger partial charge in [0.1, 0.15) is 4.88 Å². The largest absolute Gasteiger partial charge is 0.337 e. The van der Waals surface area contributed by atoms with Crippen molar-refractivity contribution in [2.45, 2.75) is 25.7 Å². The van der Waals surface area contributed by atoms with Crippen molar-refractivity contribution in [1.29, 1.82) is 0 Å². The van der Waals surface area contributed by atoms with Gasteiger partial charge in [0.15, 0.2) is 0 Å². The molecule has 0 spiro atoms. The van der Waals surface area contributed by atoms with Crippen LogP contribution in [-0.2, 0) is 0 Å². The van der Waals surface area contributed by atoms with Crippen LogP contribution in [0.4, 0.5) is 0 Å². The Bertz CT molecular complexity index is 971. The van der Waals surface area contributed by atoms with E-state index in [-0.39, 0.29) is 11.8 Å². The molecule has 4 rings (SSSR count). The minimum atomic E-state index is 0.0886. The second-order valence-electron chi connectivity index (χ2n) is 6.82. The fourth-order valence-corrected chi connectivity index (χ4v) is 4.50. The first kappa shape index (κ1) is 18.1. The lowest BCUT2D eigenvalue weighted by atomic mass is 9.93. The van der Waals surface area contributed by atoms with Gasteiger partial charge in [-0.2, -0.15) is 0 Å². The molecule has 1 fully saturated rings.